The Kier molecular flexibility index (Phi) is 4.73. The highest BCUT2D eigenvalue weighted by Gasteiger charge is 2.22. The highest BCUT2D eigenvalue weighted by atomic mass is 14.3. The molecule has 0 heteroatoms. The topological polar surface area (TPSA) is 0 Å². The maximum Gasteiger partial charge on any atom is 0 e. The Balaban J connectivity index is 0.00000144. The minimum atomic E-state index is 0. The van der Waals surface area contributed by atoms with E-state index in [0.717, 1.165) is 23.7 Å². The van der Waals surface area contributed by atoms with Gasteiger partial charge < -0.3 is 0 Å². The molecule has 2 aliphatic rings. The molecule has 0 aromatic heterocycles. The van der Waals surface area contributed by atoms with E-state index in [1.54, 1.807) is 12.8 Å². The van der Waals surface area contributed by atoms with Crippen LogP contribution in [0.2, 0.25) is 0 Å². The van der Waals surface area contributed by atoms with Crippen LogP contribution in [-0.4, -0.2) is 0 Å². The van der Waals surface area contributed by atoms with E-state index in [1.165, 1.54) is 51.4 Å². The molecule has 0 aliphatic heterocycles. The Morgan fingerprint density at radius 1 is 0.625 bits per heavy atom. The van der Waals surface area contributed by atoms with E-state index >= 15 is 0 Å². The van der Waals surface area contributed by atoms with E-state index in [-0.39, 0.29) is 2.85 Å². The van der Waals surface area contributed by atoms with E-state index in [9.17, 15) is 0 Å². The number of hydrogen-bond donors (Lipinski definition) is 0. The van der Waals surface area contributed by atoms with Gasteiger partial charge in [0.05, 0.1) is 0 Å². The molecule has 0 nitrogen and oxygen atoms in total. The molecule has 0 amide bonds. The van der Waals surface area contributed by atoms with Gasteiger partial charge >= 0.3 is 0 Å². The molecule has 0 saturated heterocycles. The van der Waals surface area contributed by atoms with Crippen LogP contribution in [0.3, 0.4) is 0 Å². The van der Waals surface area contributed by atoms with E-state index in [0.29, 0.717) is 0 Å². The zero-order chi connectivity index (χ0) is 11.4. The standard InChI is InChI=1S/C16H30.2H2/c1-13-3-7-15(8-4-13)11-12-16-9-5-14(2)6-10-16;;/h13-16H,3-12H2,1-2H3;2*1H. The van der Waals surface area contributed by atoms with Crippen LogP contribution in [0.15, 0.2) is 0 Å². The second-order valence-electron chi connectivity index (χ2n) is 6.83. The first-order valence-electron chi connectivity index (χ1n) is 7.74. The fourth-order valence-electron chi connectivity index (χ4n) is 3.71. The summed E-state index contributed by atoms with van der Waals surface area (Å²) in [7, 11) is 0. The third-order valence-electron chi connectivity index (χ3n) is 5.25. The lowest BCUT2D eigenvalue weighted by atomic mass is 9.76. The first-order chi connectivity index (χ1) is 7.74. The molecule has 0 aromatic carbocycles. The molecule has 0 spiro atoms. The monoisotopic (exact) mass is 226 g/mol. The summed E-state index contributed by atoms with van der Waals surface area (Å²) in [6.45, 7) is 4.86. The van der Waals surface area contributed by atoms with Gasteiger partial charge in [0.1, 0.15) is 0 Å². The lowest BCUT2D eigenvalue weighted by Crippen LogP contribution is -2.16. The minimum absolute atomic E-state index is 0. The van der Waals surface area contributed by atoms with Crippen molar-refractivity contribution in [1.82, 2.24) is 0 Å². The van der Waals surface area contributed by atoms with Gasteiger partial charge in [-0.1, -0.05) is 78.1 Å². The van der Waals surface area contributed by atoms with Crippen molar-refractivity contribution < 1.29 is 2.85 Å². The van der Waals surface area contributed by atoms with Crippen molar-refractivity contribution in [3.05, 3.63) is 0 Å². The van der Waals surface area contributed by atoms with Crippen molar-refractivity contribution in [3.8, 4) is 0 Å². The molecule has 2 rings (SSSR count). The molecule has 0 radical (unpaired) electrons. The van der Waals surface area contributed by atoms with Crippen molar-refractivity contribution >= 4 is 0 Å². The Labute approximate surface area is 105 Å². The van der Waals surface area contributed by atoms with Crippen molar-refractivity contribution in [2.24, 2.45) is 23.7 Å². The molecule has 0 unspecified atom stereocenters. The van der Waals surface area contributed by atoms with Crippen molar-refractivity contribution in [2.75, 3.05) is 0 Å². The van der Waals surface area contributed by atoms with Gasteiger partial charge in [0, 0.05) is 2.85 Å². The number of hydrogen-bond acceptors (Lipinski definition) is 0. The van der Waals surface area contributed by atoms with Crippen molar-refractivity contribution in [3.63, 3.8) is 0 Å². The van der Waals surface area contributed by atoms with Gasteiger partial charge in [0.2, 0.25) is 0 Å². The van der Waals surface area contributed by atoms with Crippen LogP contribution in [0.25, 0.3) is 0 Å². The maximum absolute atomic E-state index is 2.43. The molecular formula is C16H34. The smallest absolute Gasteiger partial charge is 0 e. The lowest BCUT2D eigenvalue weighted by Gasteiger charge is -2.30. The summed E-state index contributed by atoms with van der Waals surface area (Å²) in [5.41, 5.74) is 0. The van der Waals surface area contributed by atoms with Crippen molar-refractivity contribution in [2.45, 2.75) is 78.1 Å². The average molecular weight is 226 g/mol. The second kappa shape index (κ2) is 6.07. The van der Waals surface area contributed by atoms with Gasteiger partial charge in [0.15, 0.2) is 0 Å². The largest absolute Gasteiger partial charge is 0.0625 e. The maximum atomic E-state index is 2.43. The molecule has 0 heterocycles. The predicted molar refractivity (Wildman–Crippen MR) is 75.7 cm³/mol. The Hall–Kier alpha value is 0. The minimum Gasteiger partial charge on any atom is -0.0625 e. The highest BCUT2D eigenvalue weighted by molar-refractivity contribution is 4.74. The van der Waals surface area contributed by atoms with Crippen LogP contribution in [0.4, 0.5) is 0 Å². The molecule has 2 fully saturated rings. The van der Waals surface area contributed by atoms with Crippen LogP contribution in [-0.2, 0) is 0 Å². The van der Waals surface area contributed by atoms with Gasteiger partial charge in [-0.2, -0.15) is 0 Å². The fourth-order valence-corrected chi connectivity index (χ4v) is 3.71. The van der Waals surface area contributed by atoms with Gasteiger partial charge in [-0.15, -0.1) is 0 Å². The third-order valence-corrected chi connectivity index (χ3v) is 5.25. The van der Waals surface area contributed by atoms with Gasteiger partial charge in [0.25, 0.3) is 0 Å². The van der Waals surface area contributed by atoms with E-state index < -0.39 is 0 Å². The normalized spacial score (nSPS) is 40.9. The zero-order valence-electron chi connectivity index (χ0n) is 11.4. The molecule has 16 heavy (non-hydrogen) atoms. The fraction of sp³-hybridized carbons (Fsp3) is 1.00. The Morgan fingerprint density at radius 3 is 1.25 bits per heavy atom. The third kappa shape index (κ3) is 3.79. The molecule has 98 valence electrons. The zero-order valence-corrected chi connectivity index (χ0v) is 11.4. The van der Waals surface area contributed by atoms with Crippen LogP contribution in [0, 0.1) is 23.7 Å². The van der Waals surface area contributed by atoms with Gasteiger partial charge in [-0.05, 0) is 23.7 Å². The average Bonchev–Trinajstić information content (AvgIpc) is 2.30. The van der Waals surface area contributed by atoms with Crippen LogP contribution in [0.5, 0.6) is 0 Å². The summed E-state index contributed by atoms with van der Waals surface area (Å²) in [6.07, 6.45) is 15.2. The highest BCUT2D eigenvalue weighted by Crippen LogP contribution is 2.36. The van der Waals surface area contributed by atoms with E-state index in [1.807, 2.05) is 0 Å². The summed E-state index contributed by atoms with van der Waals surface area (Å²) < 4.78 is 0. The molecule has 0 bridgehead atoms. The van der Waals surface area contributed by atoms with Gasteiger partial charge in [-0.25, -0.2) is 0 Å². The lowest BCUT2D eigenvalue weighted by molar-refractivity contribution is 0.227. The van der Waals surface area contributed by atoms with Gasteiger partial charge in [-0.3, -0.25) is 0 Å². The summed E-state index contributed by atoms with van der Waals surface area (Å²) in [4.78, 5) is 0. The van der Waals surface area contributed by atoms with E-state index in [2.05, 4.69) is 13.8 Å². The van der Waals surface area contributed by atoms with Crippen molar-refractivity contribution in [1.29, 1.82) is 0 Å². The quantitative estimate of drug-likeness (QED) is 0.561. The molecule has 2 saturated carbocycles. The second-order valence-corrected chi connectivity index (χ2v) is 6.83. The molecular weight excluding hydrogens is 192 g/mol. The first kappa shape index (κ1) is 12.5. The summed E-state index contributed by atoms with van der Waals surface area (Å²) >= 11 is 0. The summed E-state index contributed by atoms with van der Waals surface area (Å²) in [6, 6.07) is 0. The molecule has 0 N–H and O–H groups in total. The van der Waals surface area contributed by atoms with Crippen LogP contribution in [0.1, 0.15) is 80.9 Å². The molecule has 2 aliphatic carbocycles. The van der Waals surface area contributed by atoms with Crippen LogP contribution < -0.4 is 0 Å². The Bertz CT molecular complexity index is 167. The van der Waals surface area contributed by atoms with E-state index in [4.69, 9.17) is 0 Å². The SMILES string of the molecule is CC1CCC(CCC2CCC(C)CC2)CC1.[HH].[HH]. The van der Waals surface area contributed by atoms with Crippen LogP contribution >= 0.6 is 0 Å². The summed E-state index contributed by atoms with van der Waals surface area (Å²) in [5, 5.41) is 0. The Morgan fingerprint density at radius 2 is 0.938 bits per heavy atom. The number of rotatable bonds is 3. The first-order valence-corrected chi connectivity index (χ1v) is 7.74. The summed E-state index contributed by atoms with van der Waals surface area (Å²) in [5.74, 6) is 4.23. The molecule has 0 aromatic rings. The predicted octanol–water partition coefficient (Wildman–Crippen LogP) is 5.91. The molecule has 0 atom stereocenters.